The average molecular weight is 360 g/mol. The van der Waals surface area contributed by atoms with Crippen LogP contribution in [0.3, 0.4) is 0 Å². The number of allylic oxidation sites excluding steroid dienone is 1. The van der Waals surface area contributed by atoms with E-state index >= 15 is 0 Å². The van der Waals surface area contributed by atoms with Crippen LogP contribution in [0.15, 0.2) is 72.1 Å². The van der Waals surface area contributed by atoms with E-state index < -0.39 is 12.0 Å². The summed E-state index contributed by atoms with van der Waals surface area (Å²) >= 11 is 0. The SMILES string of the molecule is COC(=O)C1=C(C)N(Cc2ccccc2)C(=O)N2C=Cc3ccccc3C12. The van der Waals surface area contributed by atoms with Gasteiger partial charge in [-0.25, -0.2) is 9.59 Å². The molecule has 4 rings (SSSR count). The number of benzene rings is 2. The quantitative estimate of drug-likeness (QED) is 0.775. The van der Waals surface area contributed by atoms with Crippen LogP contribution in [-0.4, -0.2) is 28.9 Å². The number of esters is 1. The van der Waals surface area contributed by atoms with Gasteiger partial charge in [0.1, 0.15) is 0 Å². The van der Waals surface area contributed by atoms with E-state index in [4.69, 9.17) is 4.74 Å². The highest BCUT2D eigenvalue weighted by atomic mass is 16.5. The van der Waals surface area contributed by atoms with E-state index in [1.54, 1.807) is 16.0 Å². The number of carbonyl (C=O) groups excluding carboxylic acids is 2. The zero-order chi connectivity index (χ0) is 19.0. The largest absolute Gasteiger partial charge is 0.466 e. The average Bonchev–Trinajstić information content (AvgIpc) is 2.71. The van der Waals surface area contributed by atoms with Crippen LogP contribution in [0.25, 0.3) is 6.08 Å². The number of urea groups is 1. The number of ether oxygens (including phenoxy) is 1. The molecule has 27 heavy (non-hydrogen) atoms. The number of hydrogen-bond acceptors (Lipinski definition) is 3. The van der Waals surface area contributed by atoms with Gasteiger partial charge in [-0.2, -0.15) is 0 Å². The Labute approximate surface area is 158 Å². The topological polar surface area (TPSA) is 49.9 Å². The van der Waals surface area contributed by atoms with Crippen molar-refractivity contribution in [2.24, 2.45) is 0 Å². The van der Waals surface area contributed by atoms with E-state index in [2.05, 4.69) is 0 Å². The molecule has 2 aliphatic heterocycles. The van der Waals surface area contributed by atoms with Gasteiger partial charge in [0, 0.05) is 11.9 Å². The molecule has 0 N–H and O–H groups in total. The summed E-state index contributed by atoms with van der Waals surface area (Å²) in [5.74, 6) is -0.418. The lowest BCUT2D eigenvalue weighted by Crippen LogP contribution is -2.48. The first kappa shape index (κ1) is 17.1. The minimum absolute atomic E-state index is 0.153. The highest BCUT2D eigenvalue weighted by molar-refractivity contribution is 5.96. The van der Waals surface area contributed by atoms with Gasteiger partial charge < -0.3 is 4.74 Å². The molecule has 0 saturated carbocycles. The summed E-state index contributed by atoms with van der Waals surface area (Å²) in [5.41, 5.74) is 4.03. The first-order valence-corrected chi connectivity index (χ1v) is 8.82. The van der Waals surface area contributed by atoms with Crippen molar-refractivity contribution in [1.82, 2.24) is 9.80 Å². The van der Waals surface area contributed by atoms with Crippen LogP contribution >= 0.6 is 0 Å². The Hall–Kier alpha value is -3.34. The van der Waals surface area contributed by atoms with Gasteiger partial charge in [-0.15, -0.1) is 0 Å². The molecule has 0 fully saturated rings. The molecular formula is C22H20N2O3. The molecule has 0 spiro atoms. The fourth-order valence-corrected chi connectivity index (χ4v) is 3.72. The van der Waals surface area contributed by atoms with E-state index in [1.807, 2.05) is 67.6 Å². The monoisotopic (exact) mass is 360 g/mol. The van der Waals surface area contributed by atoms with Crippen LogP contribution < -0.4 is 0 Å². The lowest BCUT2D eigenvalue weighted by Gasteiger charge is -2.43. The Kier molecular flexibility index (Phi) is 4.28. The van der Waals surface area contributed by atoms with Gasteiger partial charge in [-0.05, 0) is 29.7 Å². The molecule has 136 valence electrons. The van der Waals surface area contributed by atoms with Crippen molar-refractivity contribution >= 4 is 18.1 Å². The molecular weight excluding hydrogens is 340 g/mol. The van der Waals surface area contributed by atoms with Crippen LogP contribution in [0.4, 0.5) is 4.79 Å². The molecule has 5 nitrogen and oxygen atoms in total. The summed E-state index contributed by atoms with van der Waals surface area (Å²) in [7, 11) is 1.37. The Morgan fingerprint density at radius 2 is 1.78 bits per heavy atom. The molecule has 2 aliphatic rings. The van der Waals surface area contributed by atoms with E-state index in [-0.39, 0.29) is 6.03 Å². The highest BCUT2D eigenvalue weighted by Gasteiger charge is 2.43. The molecule has 1 atom stereocenters. The second-order valence-electron chi connectivity index (χ2n) is 6.60. The minimum Gasteiger partial charge on any atom is -0.466 e. The summed E-state index contributed by atoms with van der Waals surface area (Å²) in [6.07, 6.45) is 3.66. The van der Waals surface area contributed by atoms with Crippen LogP contribution in [0.5, 0.6) is 0 Å². The van der Waals surface area contributed by atoms with Gasteiger partial charge in [0.25, 0.3) is 0 Å². The predicted molar refractivity (Wildman–Crippen MR) is 102 cm³/mol. The number of carbonyl (C=O) groups is 2. The summed E-state index contributed by atoms with van der Waals surface area (Å²) < 4.78 is 5.07. The third kappa shape index (κ3) is 2.81. The molecule has 1 unspecified atom stereocenters. The van der Waals surface area contributed by atoms with Crippen LogP contribution in [0.2, 0.25) is 0 Å². The molecule has 2 amide bonds. The molecule has 0 aliphatic carbocycles. The molecule has 0 radical (unpaired) electrons. The van der Waals surface area contributed by atoms with Crippen LogP contribution in [0, 0.1) is 0 Å². The van der Waals surface area contributed by atoms with Crippen molar-refractivity contribution in [3.63, 3.8) is 0 Å². The van der Waals surface area contributed by atoms with Crippen molar-refractivity contribution in [3.8, 4) is 0 Å². The maximum atomic E-state index is 13.3. The second-order valence-corrected chi connectivity index (χ2v) is 6.60. The summed E-state index contributed by atoms with van der Waals surface area (Å²) in [6, 6.07) is 16.9. The third-order valence-corrected chi connectivity index (χ3v) is 5.09. The third-order valence-electron chi connectivity index (χ3n) is 5.09. The Morgan fingerprint density at radius 3 is 2.52 bits per heavy atom. The second kappa shape index (κ2) is 6.76. The van der Waals surface area contributed by atoms with E-state index in [0.717, 1.165) is 16.7 Å². The molecule has 0 aromatic heterocycles. The number of hydrogen-bond donors (Lipinski definition) is 0. The molecule has 0 bridgehead atoms. The van der Waals surface area contributed by atoms with E-state index in [9.17, 15) is 9.59 Å². The van der Waals surface area contributed by atoms with Gasteiger partial charge in [0.15, 0.2) is 0 Å². The first-order chi connectivity index (χ1) is 13.1. The molecule has 5 heteroatoms. The summed E-state index contributed by atoms with van der Waals surface area (Å²) in [4.78, 5) is 29.2. The number of amides is 2. The highest BCUT2D eigenvalue weighted by Crippen LogP contribution is 2.42. The maximum absolute atomic E-state index is 13.3. The van der Waals surface area contributed by atoms with Crippen LogP contribution in [-0.2, 0) is 16.1 Å². The van der Waals surface area contributed by atoms with Crippen LogP contribution in [0.1, 0.15) is 29.7 Å². The smallest absolute Gasteiger partial charge is 0.337 e. The predicted octanol–water partition coefficient (Wildman–Crippen LogP) is 4.10. The molecule has 2 aromatic carbocycles. The molecule has 2 heterocycles. The molecule has 2 aromatic rings. The van der Waals surface area contributed by atoms with Crippen molar-refractivity contribution in [2.45, 2.75) is 19.5 Å². The van der Waals surface area contributed by atoms with Gasteiger partial charge >= 0.3 is 12.0 Å². The Balaban J connectivity index is 1.85. The summed E-state index contributed by atoms with van der Waals surface area (Å²) in [6.45, 7) is 2.20. The maximum Gasteiger partial charge on any atom is 0.337 e. The fraction of sp³-hybridized carbons (Fsp3) is 0.182. The van der Waals surface area contributed by atoms with Crippen molar-refractivity contribution in [2.75, 3.05) is 7.11 Å². The van der Waals surface area contributed by atoms with Gasteiger partial charge in [0.2, 0.25) is 0 Å². The van der Waals surface area contributed by atoms with Gasteiger partial charge in [0.05, 0.1) is 25.3 Å². The van der Waals surface area contributed by atoms with Crippen molar-refractivity contribution < 1.29 is 14.3 Å². The van der Waals surface area contributed by atoms with Gasteiger partial charge in [-0.1, -0.05) is 54.6 Å². The minimum atomic E-state index is -0.474. The van der Waals surface area contributed by atoms with E-state index in [0.29, 0.717) is 17.8 Å². The zero-order valence-corrected chi connectivity index (χ0v) is 15.3. The number of rotatable bonds is 3. The lowest BCUT2D eigenvalue weighted by molar-refractivity contribution is -0.137. The first-order valence-electron chi connectivity index (χ1n) is 8.82. The normalized spacial score (nSPS) is 18.3. The summed E-state index contributed by atoms with van der Waals surface area (Å²) in [5, 5.41) is 0. The molecule has 0 saturated heterocycles. The number of nitrogens with zero attached hydrogens (tertiary/aromatic N) is 2. The van der Waals surface area contributed by atoms with Crippen molar-refractivity contribution in [1.29, 1.82) is 0 Å². The van der Waals surface area contributed by atoms with E-state index in [1.165, 1.54) is 7.11 Å². The fourth-order valence-electron chi connectivity index (χ4n) is 3.72. The number of methoxy groups -OCH3 is 1. The standard InChI is InChI=1S/C22H20N2O3/c1-15-19(21(25)27-2)20-18-11-7-6-10-17(18)12-13-23(20)22(26)24(15)14-16-8-4-3-5-9-16/h3-13,20H,14H2,1-2H3. The van der Waals surface area contributed by atoms with Gasteiger partial charge in [-0.3, -0.25) is 9.80 Å². The van der Waals surface area contributed by atoms with Crippen molar-refractivity contribution in [3.05, 3.63) is 88.8 Å². The zero-order valence-electron chi connectivity index (χ0n) is 15.3. The Morgan fingerprint density at radius 1 is 1.07 bits per heavy atom. The Bertz CT molecular complexity index is 963. The lowest BCUT2D eigenvalue weighted by atomic mass is 9.88. The number of fused-ring (bicyclic) bond motifs is 3.